The van der Waals surface area contributed by atoms with E-state index >= 15 is 0 Å². The van der Waals surface area contributed by atoms with Crippen LogP contribution in [0.3, 0.4) is 0 Å². The Morgan fingerprint density at radius 1 is 1.25 bits per heavy atom. The van der Waals surface area contributed by atoms with Crippen LogP contribution in [0.15, 0.2) is 18.2 Å². The molecule has 0 heterocycles. The molecule has 0 saturated carbocycles. The fraction of sp³-hybridized carbons (Fsp3) is 0.500. The van der Waals surface area contributed by atoms with Crippen LogP contribution in [-0.2, 0) is 6.42 Å². The predicted molar refractivity (Wildman–Crippen MR) is 52.5 cm³/mol. The number of hydrogen-bond acceptors (Lipinski definition) is 0. The molecule has 0 amide bonds. The second-order valence-corrected chi connectivity index (χ2v) is 4.17. The Bertz CT molecular complexity index is 299. The van der Waals surface area contributed by atoms with E-state index in [1.54, 1.807) is 11.1 Å². The van der Waals surface area contributed by atoms with Gasteiger partial charge >= 0.3 is 0 Å². The summed E-state index contributed by atoms with van der Waals surface area (Å²) in [6.45, 7) is 6.86. The summed E-state index contributed by atoms with van der Waals surface area (Å²) in [5, 5.41) is 0. The van der Waals surface area contributed by atoms with Crippen LogP contribution < -0.4 is 0 Å². The minimum Gasteiger partial charge on any atom is -0.0616 e. The lowest BCUT2D eigenvalue weighted by molar-refractivity contribution is 0.532. The highest BCUT2D eigenvalue weighted by Gasteiger charge is 2.24. The molecule has 1 aromatic rings. The smallest absolute Gasteiger partial charge is 0.0159 e. The van der Waals surface area contributed by atoms with Crippen molar-refractivity contribution < 1.29 is 0 Å². The average molecular weight is 160 g/mol. The van der Waals surface area contributed by atoms with Crippen molar-refractivity contribution in [2.75, 3.05) is 0 Å². The van der Waals surface area contributed by atoms with Crippen LogP contribution in [0.4, 0.5) is 0 Å². The van der Waals surface area contributed by atoms with Gasteiger partial charge in [-0.2, -0.15) is 0 Å². The van der Waals surface area contributed by atoms with E-state index in [-0.39, 0.29) is 0 Å². The first-order valence-electron chi connectivity index (χ1n) is 4.78. The zero-order valence-electron chi connectivity index (χ0n) is 8.09. The largest absolute Gasteiger partial charge is 0.0616 e. The lowest BCUT2D eigenvalue weighted by Crippen LogP contribution is -1.97. The van der Waals surface area contributed by atoms with E-state index in [1.165, 1.54) is 12.0 Å². The molecule has 0 saturated heterocycles. The van der Waals surface area contributed by atoms with E-state index in [2.05, 4.69) is 39.0 Å². The minimum absolute atomic E-state index is 0.764. The summed E-state index contributed by atoms with van der Waals surface area (Å²) < 4.78 is 0. The molecule has 0 spiro atoms. The molecule has 0 bridgehead atoms. The van der Waals surface area contributed by atoms with Gasteiger partial charge in [0.05, 0.1) is 0 Å². The van der Waals surface area contributed by atoms with Gasteiger partial charge in [0, 0.05) is 0 Å². The molecule has 0 radical (unpaired) electrons. The SMILES string of the molecule is Cc1ccc2c(c1)CC(C)C2C. The Balaban J connectivity index is 2.47. The Morgan fingerprint density at radius 2 is 2.00 bits per heavy atom. The van der Waals surface area contributed by atoms with Gasteiger partial charge in [0.1, 0.15) is 0 Å². The normalized spacial score (nSPS) is 27.2. The molecule has 1 aromatic carbocycles. The van der Waals surface area contributed by atoms with E-state index in [9.17, 15) is 0 Å². The van der Waals surface area contributed by atoms with Gasteiger partial charge in [0.2, 0.25) is 0 Å². The molecular weight excluding hydrogens is 144 g/mol. The standard InChI is InChI=1S/C12H16/c1-8-4-5-12-10(3)9(2)7-11(12)6-8/h4-6,9-10H,7H2,1-3H3. The van der Waals surface area contributed by atoms with Crippen molar-refractivity contribution >= 4 is 0 Å². The van der Waals surface area contributed by atoms with Gasteiger partial charge in [-0.05, 0) is 36.3 Å². The van der Waals surface area contributed by atoms with E-state index in [0.717, 1.165) is 11.8 Å². The first kappa shape index (κ1) is 7.85. The van der Waals surface area contributed by atoms with Gasteiger partial charge in [-0.15, -0.1) is 0 Å². The molecule has 0 heteroatoms. The molecule has 0 aliphatic heterocycles. The van der Waals surface area contributed by atoms with Gasteiger partial charge < -0.3 is 0 Å². The maximum Gasteiger partial charge on any atom is -0.0159 e. The number of fused-ring (bicyclic) bond motifs is 1. The summed E-state index contributed by atoms with van der Waals surface area (Å²) in [6.07, 6.45) is 1.28. The molecule has 2 rings (SSSR count). The van der Waals surface area contributed by atoms with Crippen LogP contribution in [0.5, 0.6) is 0 Å². The van der Waals surface area contributed by atoms with E-state index in [4.69, 9.17) is 0 Å². The van der Waals surface area contributed by atoms with Crippen molar-refractivity contribution in [3.63, 3.8) is 0 Å². The Labute approximate surface area is 74.6 Å². The number of rotatable bonds is 0. The first-order valence-corrected chi connectivity index (χ1v) is 4.78. The van der Waals surface area contributed by atoms with E-state index in [1.807, 2.05) is 0 Å². The highest BCUT2D eigenvalue weighted by Crippen LogP contribution is 2.37. The van der Waals surface area contributed by atoms with Crippen molar-refractivity contribution in [2.45, 2.75) is 33.1 Å². The number of aryl methyl sites for hydroxylation is 1. The number of hydrogen-bond donors (Lipinski definition) is 0. The second kappa shape index (κ2) is 2.62. The zero-order valence-corrected chi connectivity index (χ0v) is 8.09. The maximum atomic E-state index is 2.35. The molecule has 1 aliphatic rings. The van der Waals surface area contributed by atoms with Crippen LogP contribution in [0.25, 0.3) is 0 Å². The summed E-state index contributed by atoms with van der Waals surface area (Å²) in [4.78, 5) is 0. The zero-order chi connectivity index (χ0) is 8.72. The molecule has 0 fully saturated rings. The lowest BCUT2D eigenvalue weighted by atomic mass is 9.96. The molecule has 2 unspecified atom stereocenters. The fourth-order valence-corrected chi connectivity index (χ4v) is 2.19. The topological polar surface area (TPSA) is 0 Å². The molecule has 0 nitrogen and oxygen atoms in total. The van der Waals surface area contributed by atoms with Crippen molar-refractivity contribution in [3.8, 4) is 0 Å². The summed E-state index contributed by atoms with van der Waals surface area (Å²) in [5.41, 5.74) is 4.55. The summed E-state index contributed by atoms with van der Waals surface area (Å²) in [5.74, 6) is 1.60. The van der Waals surface area contributed by atoms with Crippen LogP contribution in [0, 0.1) is 12.8 Å². The van der Waals surface area contributed by atoms with E-state index in [0.29, 0.717) is 0 Å². The Kier molecular flexibility index (Phi) is 1.71. The maximum absolute atomic E-state index is 2.35. The van der Waals surface area contributed by atoms with Crippen molar-refractivity contribution in [3.05, 3.63) is 34.9 Å². The Morgan fingerprint density at radius 3 is 2.75 bits per heavy atom. The van der Waals surface area contributed by atoms with Gasteiger partial charge in [0.15, 0.2) is 0 Å². The molecule has 12 heavy (non-hydrogen) atoms. The third-order valence-electron chi connectivity index (χ3n) is 3.18. The quantitative estimate of drug-likeness (QED) is 0.546. The van der Waals surface area contributed by atoms with Gasteiger partial charge in [-0.1, -0.05) is 37.6 Å². The van der Waals surface area contributed by atoms with Gasteiger partial charge in [-0.25, -0.2) is 0 Å². The minimum atomic E-state index is 0.764. The third-order valence-corrected chi connectivity index (χ3v) is 3.18. The van der Waals surface area contributed by atoms with Crippen LogP contribution in [0.1, 0.15) is 36.5 Å². The molecule has 0 N–H and O–H groups in total. The first-order chi connectivity index (χ1) is 5.68. The van der Waals surface area contributed by atoms with Crippen LogP contribution >= 0.6 is 0 Å². The molecule has 0 aromatic heterocycles. The highest BCUT2D eigenvalue weighted by molar-refractivity contribution is 5.38. The van der Waals surface area contributed by atoms with Crippen LogP contribution in [0.2, 0.25) is 0 Å². The molecule has 64 valence electrons. The predicted octanol–water partition coefficient (Wildman–Crippen LogP) is 3.29. The molecule has 2 atom stereocenters. The monoisotopic (exact) mass is 160 g/mol. The second-order valence-electron chi connectivity index (χ2n) is 4.17. The van der Waals surface area contributed by atoms with Gasteiger partial charge in [-0.3, -0.25) is 0 Å². The highest BCUT2D eigenvalue weighted by atomic mass is 14.3. The van der Waals surface area contributed by atoms with Crippen LogP contribution in [-0.4, -0.2) is 0 Å². The molecular formula is C12H16. The summed E-state index contributed by atoms with van der Waals surface area (Å²) in [6, 6.07) is 6.88. The number of benzene rings is 1. The Hall–Kier alpha value is -0.780. The third kappa shape index (κ3) is 1.06. The summed E-state index contributed by atoms with van der Waals surface area (Å²) >= 11 is 0. The summed E-state index contributed by atoms with van der Waals surface area (Å²) in [7, 11) is 0. The van der Waals surface area contributed by atoms with Crippen molar-refractivity contribution in [2.24, 2.45) is 5.92 Å². The lowest BCUT2D eigenvalue weighted by Gasteiger charge is -2.08. The van der Waals surface area contributed by atoms with Crippen molar-refractivity contribution in [1.29, 1.82) is 0 Å². The van der Waals surface area contributed by atoms with E-state index < -0.39 is 0 Å². The average Bonchev–Trinajstić information content (AvgIpc) is 2.28. The van der Waals surface area contributed by atoms with Crippen molar-refractivity contribution in [1.82, 2.24) is 0 Å². The molecule has 1 aliphatic carbocycles. The van der Waals surface area contributed by atoms with Gasteiger partial charge in [0.25, 0.3) is 0 Å². The fourth-order valence-electron chi connectivity index (χ4n) is 2.19.